The van der Waals surface area contributed by atoms with Gasteiger partial charge in [-0.05, 0) is 31.5 Å². The van der Waals surface area contributed by atoms with E-state index in [1.807, 2.05) is 19.1 Å². The van der Waals surface area contributed by atoms with Crippen molar-refractivity contribution in [2.75, 3.05) is 31.2 Å². The molecule has 0 aliphatic heterocycles. The molecule has 4 nitrogen and oxygen atoms in total. The summed E-state index contributed by atoms with van der Waals surface area (Å²) in [5.41, 5.74) is 1.89. The molecular weight excluding hydrogens is 252 g/mol. The monoisotopic (exact) mass is 280 g/mol. The maximum Gasteiger partial charge on any atom is 0.129 e. The Hall–Kier alpha value is -1.13. The van der Waals surface area contributed by atoms with Gasteiger partial charge < -0.3 is 14.7 Å². The normalized spacial score (nSPS) is 11.7. The predicted octanol–water partition coefficient (Wildman–Crippen LogP) is 2.73. The predicted molar refractivity (Wildman–Crippen MR) is 83.2 cm³/mol. The number of hydrogen-bond acceptors (Lipinski definition) is 4. The highest BCUT2D eigenvalue weighted by molar-refractivity contribution is 5.43. The van der Waals surface area contributed by atoms with Gasteiger partial charge in [0.2, 0.25) is 0 Å². The van der Waals surface area contributed by atoms with Crippen molar-refractivity contribution in [3.63, 3.8) is 0 Å². The van der Waals surface area contributed by atoms with Crippen LogP contribution in [0.4, 0.5) is 5.82 Å². The number of nitrogens with zero attached hydrogens (tertiary/aromatic N) is 2. The van der Waals surface area contributed by atoms with Crippen molar-refractivity contribution in [3.8, 4) is 0 Å². The Bertz CT molecular complexity index is 413. The van der Waals surface area contributed by atoms with Gasteiger partial charge in [0.1, 0.15) is 5.82 Å². The average Bonchev–Trinajstić information content (AvgIpc) is 2.42. The molecule has 0 amide bonds. The molecule has 0 aliphatic rings. The molecule has 4 heteroatoms. The van der Waals surface area contributed by atoms with Gasteiger partial charge in [0.05, 0.1) is 13.2 Å². The third kappa shape index (κ3) is 4.76. The summed E-state index contributed by atoms with van der Waals surface area (Å²) in [6, 6.07) is 3.95. The third-order valence-corrected chi connectivity index (χ3v) is 3.24. The standard InChI is InChI=1S/C16H28N2O2/c1-6-18(8-9-20-7-2)15-11-13(12-19)10-14(17-15)16(3,4)5/h10-11,19H,6-9,12H2,1-5H3. The lowest BCUT2D eigenvalue weighted by molar-refractivity contribution is 0.154. The molecule has 1 aromatic rings. The van der Waals surface area contributed by atoms with Crippen molar-refractivity contribution in [1.82, 2.24) is 4.98 Å². The van der Waals surface area contributed by atoms with Gasteiger partial charge >= 0.3 is 0 Å². The molecule has 0 radical (unpaired) electrons. The average molecular weight is 280 g/mol. The van der Waals surface area contributed by atoms with Gasteiger partial charge in [-0.3, -0.25) is 0 Å². The van der Waals surface area contributed by atoms with Crippen LogP contribution < -0.4 is 4.90 Å². The number of likely N-dealkylation sites (N-methyl/N-ethyl adjacent to an activating group) is 1. The molecule has 0 fully saturated rings. The van der Waals surface area contributed by atoms with Crippen LogP contribution in [0.15, 0.2) is 12.1 Å². The van der Waals surface area contributed by atoms with Gasteiger partial charge in [-0.1, -0.05) is 20.8 Å². The number of hydrogen-bond donors (Lipinski definition) is 1. The summed E-state index contributed by atoms with van der Waals surface area (Å²) in [4.78, 5) is 6.95. The lowest BCUT2D eigenvalue weighted by atomic mass is 9.91. The molecule has 0 aliphatic carbocycles. The first-order valence-corrected chi connectivity index (χ1v) is 7.37. The van der Waals surface area contributed by atoms with Crippen molar-refractivity contribution in [3.05, 3.63) is 23.4 Å². The molecule has 0 unspecified atom stereocenters. The zero-order chi connectivity index (χ0) is 15.2. The first-order valence-electron chi connectivity index (χ1n) is 7.37. The Morgan fingerprint density at radius 3 is 2.45 bits per heavy atom. The molecule has 1 N–H and O–H groups in total. The summed E-state index contributed by atoms with van der Waals surface area (Å²) in [5.74, 6) is 0.920. The van der Waals surface area contributed by atoms with Crippen LogP contribution in [0.3, 0.4) is 0 Å². The molecule has 0 saturated heterocycles. The molecule has 0 atom stereocenters. The largest absolute Gasteiger partial charge is 0.392 e. The number of pyridine rings is 1. The van der Waals surface area contributed by atoms with E-state index in [2.05, 4.69) is 32.6 Å². The number of aliphatic hydroxyl groups excluding tert-OH is 1. The summed E-state index contributed by atoms with van der Waals surface area (Å²) in [5, 5.41) is 9.45. The second kappa shape index (κ2) is 7.60. The third-order valence-electron chi connectivity index (χ3n) is 3.24. The maximum atomic E-state index is 9.45. The summed E-state index contributed by atoms with van der Waals surface area (Å²) in [6.45, 7) is 13.7. The van der Waals surface area contributed by atoms with E-state index < -0.39 is 0 Å². The Morgan fingerprint density at radius 1 is 1.25 bits per heavy atom. The van der Waals surface area contributed by atoms with Crippen molar-refractivity contribution in [1.29, 1.82) is 0 Å². The lowest BCUT2D eigenvalue weighted by Gasteiger charge is -2.26. The molecule has 0 bridgehead atoms. The van der Waals surface area contributed by atoms with Crippen molar-refractivity contribution < 1.29 is 9.84 Å². The van der Waals surface area contributed by atoms with E-state index in [9.17, 15) is 5.11 Å². The smallest absolute Gasteiger partial charge is 0.129 e. The van der Waals surface area contributed by atoms with E-state index in [1.54, 1.807) is 0 Å². The van der Waals surface area contributed by atoms with Crippen molar-refractivity contribution in [2.45, 2.75) is 46.6 Å². The fourth-order valence-corrected chi connectivity index (χ4v) is 1.96. The number of rotatable bonds is 7. The van der Waals surface area contributed by atoms with Crippen LogP contribution in [0.25, 0.3) is 0 Å². The highest BCUT2D eigenvalue weighted by Crippen LogP contribution is 2.25. The molecule has 0 spiro atoms. The van der Waals surface area contributed by atoms with E-state index in [0.717, 1.165) is 36.8 Å². The quantitative estimate of drug-likeness (QED) is 0.780. The highest BCUT2D eigenvalue weighted by Gasteiger charge is 2.18. The van der Waals surface area contributed by atoms with Crippen LogP contribution in [0.1, 0.15) is 45.9 Å². The van der Waals surface area contributed by atoms with E-state index in [4.69, 9.17) is 9.72 Å². The highest BCUT2D eigenvalue weighted by atomic mass is 16.5. The van der Waals surface area contributed by atoms with Gasteiger partial charge in [-0.25, -0.2) is 4.98 Å². The molecular formula is C16H28N2O2. The minimum atomic E-state index is -0.0285. The fraction of sp³-hybridized carbons (Fsp3) is 0.688. The number of aromatic nitrogens is 1. The second-order valence-corrected chi connectivity index (χ2v) is 5.90. The minimum Gasteiger partial charge on any atom is -0.392 e. The van der Waals surface area contributed by atoms with Gasteiger partial charge in [0.25, 0.3) is 0 Å². The summed E-state index contributed by atoms with van der Waals surface area (Å²) >= 11 is 0. The van der Waals surface area contributed by atoms with Gasteiger partial charge in [0.15, 0.2) is 0 Å². The second-order valence-electron chi connectivity index (χ2n) is 5.90. The summed E-state index contributed by atoms with van der Waals surface area (Å²) in [6.07, 6.45) is 0. The fourth-order valence-electron chi connectivity index (χ4n) is 1.96. The van der Waals surface area contributed by atoms with Crippen LogP contribution >= 0.6 is 0 Å². The Morgan fingerprint density at radius 2 is 1.95 bits per heavy atom. The molecule has 114 valence electrons. The van der Waals surface area contributed by atoms with E-state index in [-0.39, 0.29) is 12.0 Å². The van der Waals surface area contributed by atoms with Crippen LogP contribution in [-0.4, -0.2) is 36.4 Å². The van der Waals surface area contributed by atoms with Gasteiger partial charge in [-0.15, -0.1) is 0 Å². The Balaban J connectivity index is 3.02. The number of aliphatic hydroxyl groups is 1. The molecule has 1 aromatic heterocycles. The minimum absolute atomic E-state index is 0.0285. The van der Waals surface area contributed by atoms with Crippen LogP contribution in [0.5, 0.6) is 0 Å². The van der Waals surface area contributed by atoms with E-state index in [1.165, 1.54) is 0 Å². The van der Waals surface area contributed by atoms with Crippen molar-refractivity contribution in [2.24, 2.45) is 0 Å². The van der Waals surface area contributed by atoms with Crippen molar-refractivity contribution >= 4 is 5.82 Å². The van der Waals surface area contributed by atoms with E-state index >= 15 is 0 Å². The number of ether oxygens (including phenoxy) is 1. The van der Waals surface area contributed by atoms with Crippen LogP contribution in [0.2, 0.25) is 0 Å². The summed E-state index contributed by atoms with van der Waals surface area (Å²) in [7, 11) is 0. The Labute approximate surface area is 122 Å². The molecule has 0 aromatic carbocycles. The molecule has 1 heterocycles. The van der Waals surface area contributed by atoms with Crippen LogP contribution in [-0.2, 0) is 16.8 Å². The lowest BCUT2D eigenvalue weighted by Crippen LogP contribution is -2.29. The molecule has 20 heavy (non-hydrogen) atoms. The first-order chi connectivity index (χ1) is 9.42. The van der Waals surface area contributed by atoms with Gasteiger partial charge in [-0.2, -0.15) is 0 Å². The zero-order valence-electron chi connectivity index (χ0n) is 13.4. The molecule has 0 saturated carbocycles. The zero-order valence-corrected chi connectivity index (χ0v) is 13.4. The topological polar surface area (TPSA) is 45.6 Å². The number of anilines is 1. The van der Waals surface area contributed by atoms with Gasteiger partial charge in [0, 0.05) is 30.8 Å². The van der Waals surface area contributed by atoms with E-state index in [0.29, 0.717) is 6.61 Å². The maximum absolute atomic E-state index is 9.45. The summed E-state index contributed by atoms with van der Waals surface area (Å²) < 4.78 is 5.42. The SMILES string of the molecule is CCOCCN(CC)c1cc(CO)cc(C(C)(C)C)n1. The Kier molecular flexibility index (Phi) is 6.43. The first kappa shape index (κ1) is 16.9. The molecule has 1 rings (SSSR count). The van der Waals surface area contributed by atoms with Crippen LogP contribution in [0, 0.1) is 0 Å².